The van der Waals surface area contributed by atoms with Crippen LogP contribution >= 0.6 is 23.1 Å². The molecule has 0 fully saturated rings. The molecular weight excluding hydrogens is 452 g/mol. The Labute approximate surface area is 199 Å². The summed E-state index contributed by atoms with van der Waals surface area (Å²) in [4.78, 5) is 24.7. The van der Waals surface area contributed by atoms with E-state index < -0.39 is 0 Å². The number of carbonyl (C=O) groups is 2. The third kappa shape index (κ3) is 4.97. The summed E-state index contributed by atoms with van der Waals surface area (Å²) in [6, 6.07) is 19.9. The number of benzene rings is 3. The van der Waals surface area contributed by atoms with Crippen molar-refractivity contribution in [1.82, 2.24) is 10.2 Å². The molecule has 3 aromatic carbocycles. The zero-order valence-electron chi connectivity index (χ0n) is 17.6. The molecule has 0 aliphatic heterocycles. The number of aryl methyl sites for hydroxylation is 2. The van der Waals surface area contributed by atoms with E-state index in [-0.39, 0.29) is 17.6 Å². The molecule has 4 aromatic rings. The molecule has 0 saturated carbocycles. The molecule has 2 N–H and O–H groups in total. The lowest BCUT2D eigenvalue weighted by Gasteiger charge is -2.10. The van der Waals surface area contributed by atoms with Gasteiger partial charge in [-0.1, -0.05) is 77.7 Å². The Kier molecular flexibility index (Phi) is 6.19. The first-order valence-electron chi connectivity index (χ1n) is 10.5. The van der Waals surface area contributed by atoms with Crippen molar-refractivity contribution < 1.29 is 9.59 Å². The normalized spacial score (nSPS) is 12.4. The number of nitrogens with zero attached hydrogens (tertiary/aromatic N) is 2. The van der Waals surface area contributed by atoms with Gasteiger partial charge in [0.15, 0.2) is 4.34 Å². The summed E-state index contributed by atoms with van der Waals surface area (Å²) in [6.45, 7) is 0. The van der Waals surface area contributed by atoms with E-state index in [9.17, 15) is 9.59 Å². The van der Waals surface area contributed by atoms with E-state index in [4.69, 9.17) is 0 Å². The Morgan fingerprint density at radius 3 is 2.61 bits per heavy atom. The minimum Gasteiger partial charge on any atom is -0.325 e. The second kappa shape index (κ2) is 9.56. The van der Waals surface area contributed by atoms with Crippen molar-refractivity contribution in [3.05, 3.63) is 83.4 Å². The van der Waals surface area contributed by atoms with E-state index in [1.54, 1.807) is 6.08 Å². The molecule has 6 nitrogen and oxygen atoms in total. The number of carbonyl (C=O) groups excluding carboxylic acids is 2. The van der Waals surface area contributed by atoms with E-state index in [1.807, 2.05) is 42.5 Å². The minimum atomic E-state index is -0.281. The molecule has 8 heteroatoms. The summed E-state index contributed by atoms with van der Waals surface area (Å²) >= 11 is 2.53. The topological polar surface area (TPSA) is 84.0 Å². The lowest BCUT2D eigenvalue weighted by Crippen LogP contribution is -2.14. The van der Waals surface area contributed by atoms with Gasteiger partial charge >= 0.3 is 0 Å². The van der Waals surface area contributed by atoms with Crippen molar-refractivity contribution in [2.75, 3.05) is 16.4 Å². The monoisotopic (exact) mass is 472 g/mol. The van der Waals surface area contributed by atoms with Crippen molar-refractivity contribution in [2.45, 2.75) is 17.2 Å². The van der Waals surface area contributed by atoms with Crippen molar-refractivity contribution in [1.29, 1.82) is 0 Å². The smallest absolute Gasteiger partial charge is 0.250 e. The molecule has 1 aliphatic rings. The standard InChI is InChI=1S/C25H20N4O2S2/c30-21(14-9-16-5-2-1-3-6-16)27-24-28-29-25(33-24)32-15-22(31)26-20-13-12-18-11-10-17-7-4-8-19(20)23(17)18/h1-9,12-14H,10-11,15H2,(H,26,31)(H,27,28,30). The van der Waals surface area contributed by atoms with Crippen LogP contribution in [0.15, 0.2) is 71.1 Å². The lowest BCUT2D eigenvalue weighted by molar-refractivity contribution is -0.114. The molecule has 2 amide bonds. The highest BCUT2D eigenvalue weighted by Crippen LogP contribution is 2.35. The van der Waals surface area contributed by atoms with Gasteiger partial charge in [-0.25, -0.2) is 0 Å². The third-order valence-electron chi connectivity index (χ3n) is 5.34. The fourth-order valence-electron chi connectivity index (χ4n) is 3.87. The van der Waals surface area contributed by atoms with Crippen LogP contribution in [0.3, 0.4) is 0 Å². The largest absolute Gasteiger partial charge is 0.325 e. The average molecular weight is 473 g/mol. The van der Waals surface area contributed by atoms with Gasteiger partial charge in [-0.15, -0.1) is 10.2 Å². The first-order chi connectivity index (χ1) is 16.2. The van der Waals surface area contributed by atoms with Crippen LogP contribution in [0.1, 0.15) is 16.7 Å². The summed E-state index contributed by atoms with van der Waals surface area (Å²) in [7, 11) is 0. The maximum atomic E-state index is 12.6. The molecule has 5 rings (SSSR count). The highest BCUT2D eigenvalue weighted by atomic mass is 32.2. The molecule has 0 unspecified atom stereocenters. The predicted octanol–water partition coefficient (Wildman–Crippen LogP) is 5.17. The Hall–Kier alpha value is -3.49. The quantitative estimate of drug-likeness (QED) is 0.220. The molecule has 0 bridgehead atoms. The van der Waals surface area contributed by atoms with Gasteiger partial charge in [0.1, 0.15) is 0 Å². The van der Waals surface area contributed by atoms with Gasteiger partial charge in [0.2, 0.25) is 16.9 Å². The number of thioether (sulfide) groups is 1. The van der Waals surface area contributed by atoms with Crippen molar-refractivity contribution in [3.63, 3.8) is 0 Å². The number of hydrogen-bond donors (Lipinski definition) is 2. The fraction of sp³-hybridized carbons (Fsp3) is 0.120. The molecule has 0 radical (unpaired) electrons. The van der Waals surface area contributed by atoms with Gasteiger partial charge in [0.25, 0.3) is 0 Å². The molecule has 0 saturated heterocycles. The average Bonchev–Trinajstić information content (AvgIpc) is 3.47. The summed E-state index contributed by atoms with van der Waals surface area (Å²) in [5.41, 5.74) is 4.45. The van der Waals surface area contributed by atoms with Crippen LogP contribution in [0.4, 0.5) is 10.8 Å². The summed E-state index contributed by atoms with van der Waals surface area (Å²) in [5.74, 6) is -0.180. The van der Waals surface area contributed by atoms with E-state index in [0.717, 1.165) is 29.5 Å². The highest BCUT2D eigenvalue weighted by molar-refractivity contribution is 8.01. The van der Waals surface area contributed by atoms with Crippen LogP contribution < -0.4 is 10.6 Å². The van der Waals surface area contributed by atoms with E-state index in [2.05, 4.69) is 39.0 Å². The minimum absolute atomic E-state index is 0.106. The Morgan fingerprint density at radius 1 is 0.939 bits per heavy atom. The van der Waals surface area contributed by atoms with Crippen LogP contribution in [-0.4, -0.2) is 27.8 Å². The number of rotatable bonds is 7. The predicted molar refractivity (Wildman–Crippen MR) is 135 cm³/mol. The Bertz CT molecular complexity index is 1360. The van der Waals surface area contributed by atoms with E-state index in [1.165, 1.54) is 45.7 Å². The second-order valence-electron chi connectivity index (χ2n) is 7.56. The van der Waals surface area contributed by atoms with Gasteiger partial charge in [-0.2, -0.15) is 0 Å². The van der Waals surface area contributed by atoms with Gasteiger partial charge in [0.05, 0.1) is 5.75 Å². The third-order valence-corrected chi connectivity index (χ3v) is 7.31. The Balaban J connectivity index is 1.16. The number of aromatic nitrogens is 2. The molecule has 0 spiro atoms. The number of hydrogen-bond acceptors (Lipinski definition) is 6. The van der Waals surface area contributed by atoms with Crippen molar-refractivity contribution in [3.8, 4) is 0 Å². The molecule has 1 aromatic heterocycles. The zero-order valence-corrected chi connectivity index (χ0v) is 19.2. The summed E-state index contributed by atoms with van der Waals surface area (Å²) in [5, 5.41) is 16.5. The molecule has 0 atom stereocenters. The molecular formula is C25H20N4O2S2. The van der Waals surface area contributed by atoms with Crippen molar-refractivity contribution in [2.24, 2.45) is 0 Å². The lowest BCUT2D eigenvalue weighted by atomic mass is 10.0. The van der Waals surface area contributed by atoms with Crippen LogP contribution in [-0.2, 0) is 22.4 Å². The van der Waals surface area contributed by atoms with Crippen LogP contribution in [0.2, 0.25) is 0 Å². The van der Waals surface area contributed by atoms with E-state index >= 15 is 0 Å². The van der Waals surface area contributed by atoms with Gasteiger partial charge < -0.3 is 5.32 Å². The number of anilines is 2. The molecule has 164 valence electrons. The second-order valence-corrected chi connectivity index (χ2v) is 9.76. The number of nitrogens with one attached hydrogen (secondary N) is 2. The summed E-state index contributed by atoms with van der Waals surface area (Å²) in [6.07, 6.45) is 5.29. The van der Waals surface area contributed by atoms with Gasteiger partial charge in [-0.3, -0.25) is 14.9 Å². The van der Waals surface area contributed by atoms with Crippen molar-refractivity contribution >= 4 is 62.6 Å². The SMILES string of the molecule is O=C(C=Cc1ccccc1)Nc1nnc(SCC(=O)Nc2ccc3c4c(cccc24)CC3)s1. The van der Waals surface area contributed by atoms with E-state index in [0.29, 0.717) is 9.47 Å². The highest BCUT2D eigenvalue weighted by Gasteiger charge is 2.17. The molecule has 1 aliphatic carbocycles. The molecule has 33 heavy (non-hydrogen) atoms. The maximum Gasteiger partial charge on any atom is 0.250 e. The summed E-state index contributed by atoms with van der Waals surface area (Å²) < 4.78 is 0.618. The first-order valence-corrected chi connectivity index (χ1v) is 12.3. The first kappa shape index (κ1) is 21.4. The van der Waals surface area contributed by atoms with Crippen LogP contribution in [0, 0.1) is 0 Å². The number of amides is 2. The molecule has 1 heterocycles. The maximum absolute atomic E-state index is 12.6. The fourth-order valence-corrected chi connectivity index (χ4v) is 5.43. The van der Waals surface area contributed by atoms with Crippen LogP contribution in [0.25, 0.3) is 16.8 Å². The Morgan fingerprint density at radius 2 is 1.76 bits per heavy atom. The van der Waals surface area contributed by atoms with Crippen LogP contribution in [0.5, 0.6) is 0 Å². The zero-order chi connectivity index (χ0) is 22.6. The van der Waals surface area contributed by atoms with Gasteiger partial charge in [0, 0.05) is 17.1 Å². The van der Waals surface area contributed by atoms with Gasteiger partial charge in [-0.05, 0) is 47.1 Å².